The third-order valence-electron chi connectivity index (χ3n) is 5.30. The van der Waals surface area contributed by atoms with E-state index in [1.807, 2.05) is 0 Å². The smallest absolute Gasteiger partial charge is 0.155 e. The molecule has 0 aliphatic rings. The minimum atomic E-state index is 0.342. The first-order chi connectivity index (χ1) is 12.2. The zero-order valence-electron chi connectivity index (χ0n) is 17.9. The molecule has 148 valence electrons. The van der Waals surface area contributed by atoms with Crippen LogP contribution in [0.25, 0.3) is 0 Å². The van der Waals surface area contributed by atoms with Crippen molar-refractivity contribution in [3.8, 4) is 0 Å². The van der Waals surface area contributed by atoms with Crippen LogP contribution in [0.4, 0.5) is 0 Å². The number of carbonyl (C=O) groups is 1. The molecular formula is C24H46O. The number of ketones is 1. The van der Waals surface area contributed by atoms with Crippen LogP contribution in [0.5, 0.6) is 0 Å². The van der Waals surface area contributed by atoms with Crippen LogP contribution in [-0.2, 0) is 4.79 Å². The van der Waals surface area contributed by atoms with Gasteiger partial charge in [0.2, 0.25) is 0 Å². The van der Waals surface area contributed by atoms with Crippen LogP contribution in [0.3, 0.4) is 0 Å². The van der Waals surface area contributed by atoms with Crippen molar-refractivity contribution in [2.75, 3.05) is 0 Å². The van der Waals surface area contributed by atoms with Gasteiger partial charge in [-0.25, -0.2) is 0 Å². The third-order valence-corrected chi connectivity index (χ3v) is 5.30. The fraction of sp³-hybridized carbons (Fsp3) is 0.875. The van der Waals surface area contributed by atoms with Crippen molar-refractivity contribution < 1.29 is 4.79 Å². The van der Waals surface area contributed by atoms with Gasteiger partial charge in [-0.15, -0.1) is 0 Å². The predicted octanol–water partition coefficient (Wildman–Crippen LogP) is 8.56. The van der Waals surface area contributed by atoms with E-state index in [0.717, 1.165) is 12.8 Å². The van der Waals surface area contributed by atoms with Gasteiger partial charge in [0.05, 0.1) is 0 Å². The molecule has 0 saturated heterocycles. The van der Waals surface area contributed by atoms with Gasteiger partial charge in [0, 0.05) is 0 Å². The summed E-state index contributed by atoms with van der Waals surface area (Å²) >= 11 is 0. The van der Waals surface area contributed by atoms with Gasteiger partial charge in [0.25, 0.3) is 0 Å². The molecular weight excluding hydrogens is 304 g/mol. The fourth-order valence-electron chi connectivity index (χ4n) is 3.64. The monoisotopic (exact) mass is 350 g/mol. The average molecular weight is 351 g/mol. The van der Waals surface area contributed by atoms with Crippen molar-refractivity contribution in [1.82, 2.24) is 0 Å². The molecule has 0 fully saturated rings. The van der Waals surface area contributed by atoms with Gasteiger partial charge in [-0.3, -0.25) is 4.79 Å². The second-order valence-corrected chi connectivity index (χ2v) is 7.78. The second-order valence-electron chi connectivity index (χ2n) is 7.78. The van der Waals surface area contributed by atoms with Crippen LogP contribution in [0.2, 0.25) is 0 Å². The molecule has 0 radical (unpaired) electrons. The fourth-order valence-corrected chi connectivity index (χ4v) is 3.64. The predicted molar refractivity (Wildman–Crippen MR) is 113 cm³/mol. The Hall–Kier alpha value is -0.590. The number of allylic oxidation sites excluding steroid dienone is 2. The maximum atomic E-state index is 12.3. The summed E-state index contributed by atoms with van der Waals surface area (Å²) in [6, 6.07) is 0. The molecule has 0 rings (SSSR count). The number of unbranched alkanes of at least 4 members (excludes halogenated alkanes) is 11. The van der Waals surface area contributed by atoms with Crippen molar-refractivity contribution in [3.05, 3.63) is 11.1 Å². The second kappa shape index (κ2) is 18.2. The largest absolute Gasteiger partial charge is 0.295 e. The van der Waals surface area contributed by atoms with Crippen molar-refractivity contribution in [2.45, 2.75) is 137 Å². The summed E-state index contributed by atoms with van der Waals surface area (Å²) in [6.07, 6.45) is 21.6. The van der Waals surface area contributed by atoms with E-state index in [2.05, 4.69) is 20.8 Å². The summed E-state index contributed by atoms with van der Waals surface area (Å²) in [4.78, 5) is 12.3. The topological polar surface area (TPSA) is 17.1 Å². The van der Waals surface area contributed by atoms with Crippen LogP contribution in [0.15, 0.2) is 11.1 Å². The van der Waals surface area contributed by atoms with Crippen LogP contribution in [0.1, 0.15) is 137 Å². The standard InChI is InChI=1S/C24H46O/c1-5-8-11-14-17-20-23(19-16-13-10-7-3)24(22(4)25)21-18-15-12-9-6-2/h5-21H2,1-4H3/b24-23-. The van der Waals surface area contributed by atoms with Crippen molar-refractivity contribution >= 4 is 5.78 Å². The van der Waals surface area contributed by atoms with Gasteiger partial charge in [-0.1, -0.05) is 97.0 Å². The van der Waals surface area contributed by atoms with Gasteiger partial charge < -0.3 is 0 Å². The Kier molecular flexibility index (Phi) is 17.8. The molecule has 0 aliphatic heterocycles. The molecule has 0 aliphatic carbocycles. The molecule has 0 bridgehead atoms. The summed E-state index contributed by atoms with van der Waals surface area (Å²) in [5.74, 6) is 0.342. The highest BCUT2D eigenvalue weighted by atomic mass is 16.1. The van der Waals surface area contributed by atoms with E-state index in [9.17, 15) is 4.79 Å². The van der Waals surface area contributed by atoms with E-state index in [1.54, 1.807) is 6.92 Å². The highest BCUT2D eigenvalue weighted by Gasteiger charge is 2.11. The molecule has 0 spiro atoms. The van der Waals surface area contributed by atoms with Crippen LogP contribution < -0.4 is 0 Å². The minimum Gasteiger partial charge on any atom is -0.295 e. The SMILES string of the molecule is CCCCCCC/C(CCCCCC)=C(/CCCCCCC)C(C)=O. The Balaban J connectivity index is 4.63. The van der Waals surface area contributed by atoms with Gasteiger partial charge in [-0.05, 0) is 51.0 Å². The molecule has 0 atom stereocenters. The number of Topliss-reactive ketones (excluding diaryl/α,β-unsaturated/α-hetero) is 1. The first kappa shape index (κ1) is 24.4. The molecule has 0 heterocycles. The molecule has 1 heteroatoms. The first-order valence-corrected chi connectivity index (χ1v) is 11.4. The molecule has 1 nitrogen and oxygen atoms in total. The maximum Gasteiger partial charge on any atom is 0.155 e. The normalized spacial score (nSPS) is 12.3. The lowest BCUT2D eigenvalue weighted by molar-refractivity contribution is -0.113. The van der Waals surface area contributed by atoms with E-state index in [4.69, 9.17) is 0 Å². The number of carbonyl (C=O) groups excluding carboxylic acids is 1. The average Bonchev–Trinajstić information content (AvgIpc) is 2.60. The van der Waals surface area contributed by atoms with E-state index < -0.39 is 0 Å². The Labute approximate surface area is 159 Å². The van der Waals surface area contributed by atoms with E-state index in [0.29, 0.717) is 5.78 Å². The van der Waals surface area contributed by atoms with Gasteiger partial charge in [0.15, 0.2) is 5.78 Å². The van der Waals surface area contributed by atoms with Gasteiger partial charge in [0.1, 0.15) is 0 Å². The lowest BCUT2D eigenvalue weighted by atomic mass is 9.91. The molecule has 25 heavy (non-hydrogen) atoms. The number of rotatable bonds is 18. The first-order valence-electron chi connectivity index (χ1n) is 11.4. The Morgan fingerprint density at radius 2 is 0.880 bits per heavy atom. The molecule has 0 unspecified atom stereocenters. The third kappa shape index (κ3) is 14.3. The van der Waals surface area contributed by atoms with Crippen LogP contribution in [-0.4, -0.2) is 5.78 Å². The summed E-state index contributed by atoms with van der Waals surface area (Å²) in [5.41, 5.74) is 2.71. The molecule has 0 N–H and O–H groups in total. The molecule has 0 aromatic carbocycles. The highest BCUT2D eigenvalue weighted by molar-refractivity contribution is 5.94. The van der Waals surface area contributed by atoms with E-state index in [-0.39, 0.29) is 0 Å². The van der Waals surface area contributed by atoms with Crippen LogP contribution >= 0.6 is 0 Å². The Morgan fingerprint density at radius 1 is 0.520 bits per heavy atom. The Morgan fingerprint density at radius 3 is 1.28 bits per heavy atom. The molecule has 0 aromatic heterocycles. The zero-order chi connectivity index (χ0) is 18.8. The molecule has 0 aromatic rings. The van der Waals surface area contributed by atoms with Crippen molar-refractivity contribution in [3.63, 3.8) is 0 Å². The maximum absolute atomic E-state index is 12.3. The summed E-state index contributed by atoms with van der Waals surface area (Å²) in [5, 5.41) is 0. The quantitative estimate of drug-likeness (QED) is 0.179. The summed E-state index contributed by atoms with van der Waals surface area (Å²) < 4.78 is 0. The van der Waals surface area contributed by atoms with Crippen LogP contribution in [0, 0.1) is 0 Å². The minimum absolute atomic E-state index is 0.342. The lowest BCUT2D eigenvalue weighted by Gasteiger charge is -2.14. The summed E-state index contributed by atoms with van der Waals surface area (Å²) in [6.45, 7) is 8.59. The lowest BCUT2D eigenvalue weighted by Crippen LogP contribution is -2.03. The Bertz CT molecular complexity index is 340. The van der Waals surface area contributed by atoms with Crippen molar-refractivity contribution in [2.24, 2.45) is 0 Å². The number of hydrogen-bond donors (Lipinski definition) is 0. The molecule has 0 saturated carbocycles. The van der Waals surface area contributed by atoms with Gasteiger partial charge in [-0.2, -0.15) is 0 Å². The number of hydrogen-bond acceptors (Lipinski definition) is 1. The molecule has 0 amide bonds. The highest BCUT2D eigenvalue weighted by Crippen LogP contribution is 2.25. The summed E-state index contributed by atoms with van der Waals surface area (Å²) in [7, 11) is 0. The van der Waals surface area contributed by atoms with Crippen molar-refractivity contribution in [1.29, 1.82) is 0 Å². The van der Waals surface area contributed by atoms with E-state index in [1.165, 1.54) is 107 Å². The van der Waals surface area contributed by atoms with Gasteiger partial charge >= 0.3 is 0 Å². The van der Waals surface area contributed by atoms with E-state index >= 15 is 0 Å². The zero-order valence-corrected chi connectivity index (χ0v) is 17.9.